The van der Waals surface area contributed by atoms with Crippen molar-refractivity contribution in [3.8, 4) is 5.75 Å². The highest BCUT2D eigenvalue weighted by molar-refractivity contribution is 9.10. The fourth-order valence-corrected chi connectivity index (χ4v) is 2.81. The maximum atomic E-state index is 13.8. The number of halogens is 3. The van der Waals surface area contributed by atoms with Crippen LogP contribution in [0.1, 0.15) is 29.7 Å². The summed E-state index contributed by atoms with van der Waals surface area (Å²) in [4.78, 5) is 0. The van der Waals surface area contributed by atoms with Crippen molar-refractivity contribution in [3.05, 3.63) is 63.6 Å². The van der Waals surface area contributed by atoms with Crippen molar-refractivity contribution in [2.24, 2.45) is 5.73 Å². The van der Waals surface area contributed by atoms with Gasteiger partial charge in [0.2, 0.25) is 0 Å². The molecule has 2 atom stereocenters. The molecule has 0 aliphatic carbocycles. The van der Waals surface area contributed by atoms with E-state index in [0.29, 0.717) is 17.7 Å². The number of benzene rings is 2. The summed E-state index contributed by atoms with van der Waals surface area (Å²) in [5.74, 6) is -0.570. The van der Waals surface area contributed by atoms with Gasteiger partial charge in [-0.2, -0.15) is 0 Å². The third-order valence-electron chi connectivity index (χ3n) is 3.42. The lowest BCUT2D eigenvalue weighted by Gasteiger charge is -2.30. The summed E-state index contributed by atoms with van der Waals surface area (Å²) >= 11 is 3.38. The summed E-state index contributed by atoms with van der Waals surface area (Å²) in [5.41, 5.74) is 7.34. The molecule has 0 amide bonds. The first-order valence-corrected chi connectivity index (χ1v) is 7.00. The molecule has 0 saturated heterocycles. The maximum Gasteiger partial charge on any atom is 0.133 e. The lowest BCUT2D eigenvalue weighted by Crippen LogP contribution is -2.24. The van der Waals surface area contributed by atoms with Crippen LogP contribution in [0.4, 0.5) is 8.78 Å². The Balaban J connectivity index is 1.97. The van der Waals surface area contributed by atoms with E-state index in [2.05, 4.69) is 15.9 Å². The smallest absolute Gasteiger partial charge is 0.133 e. The number of ether oxygens (including phenoxy) is 1. The minimum Gasteiger partial charge on any atom is -0.485 e. The van der Waals surface area contributed by atoms with E-state index < -0.39 is 17.7 Å². The van der Waals surface area contributed by atoms with Crippen LogP contribution in [0, 0.1) is 11.6 Å². The molecule has 0 aromatic heterocycles. The van der Waals surface area contributed by atoms with Gasteiger partial charge in [0.25, 0.3) is 0 Å². The van der Waals surface area contributed by atoms with Crippen LogP contribution >= 0.6 is 15.9 Å². The van der Waals surface area contributed by atoms with Crippen LogP contribution in [0.5, 0.6) is 5.75 Å². The summed E-state index contributed by atoms with van der Waals surface area (Å²) in [6, 6.07) is 8.79. The fourth-order valence-electron chi connectivity index (χ4n) is 2.43. The van der Waals surface area contributed by atoms with E-state index >= 15 is 0 Å². The minimum atomic E-state index is -0.609. The van der Waals surface area contributed by atoms with Crippen LogP contribution in [0.25, 0.3) is 0 Å². The van der Waals surface area contributed by atoms with E-state index in [-0.39, 0.29) is 6.04 Å². The Morgan fingerprint density at radius 1 is 1.10 bits per heavy atom. The first-order valence-electron chi connectivity index (χ1n) is 6.21. The van der Waals surface area contributed by atoms with Crippen molar-refractivity contribution in [3.63, 3.8) is 0 Å². The Bertz CT molecular complexity index is 662. The monoisotopic (exact) mass is 339 g/mol. The molecule has 2 aromatic carbocycles. The van der Waals surface area contributed by atoms with Gasteiger partial charge >= 0.3 is 0 Å². The number of rotatable bonds is 1. The Hall–Kier alpha value is -1.46. The van der Waals surface area contributed by atoms with Crippen molar-refractivity contribution in [2.45, 2.75) is 18.6 Å². The molecule has 0 radical (unpaired) electrons. The second-order valence-corrected chi connectivity index (χ2v) is 5.71. The van der Waals surface area contributed by atoms with Gasteiger partial charge in [-0.1, -0.05) is 15.9 Å². The Morgan fingerprint density at radius 3 is 2.65 bits per heavy atom. The average molecular weight is 340 g/mol. The molecule has 2 N–H and O–H groups in total. The van der Waals surface area contributed by atoms with Crippen molar-refractivity contribution < 1.29 is 13.5 Å². The number of hydrogen-bond donors (Lipinski definition) is 1. The second kappa shape index (κ2) is 5.14. The van der Waals surface area contributed by atoms with Gasteiger partial charge < -0.3 is 10.5 Å². The maximum absolute atomic E-state index is 13.8. The SMILES string of the molecule is N[C@H]1CC(c2ccc(F)cc2F)Oc2ccc(Br)cc21. The van der Waals surface area contributed by atoms with Crippen molar-refractivity contribution in [1.29, 1.82) is 0 Å². The zero-order chi connectivity index (χ0) is 14.3. The van der Waals surface area contributed by atoms with Crippen molar-refractivity contribution >= 4 is 15.9 Å². The third-order valence-corrected chi connectivity index (χ3v) is 3.91. The Kier molecular flexibility index (Phi) is 3.48. The molecule has 1 unspecified atom stereocenters. The van der Waals surface area contributed by atoms with E-state index in [1.54, 1.807) is 6.07 Å². The highest BCUT2D eigenvalue weighted by atomic mass is 79.9. The van der Waals surface area contributed by atoms with Crippen LogP contribution in [-0.2, 0) is 0 Å². The van der Waals surface area contributed by atoms with Crippen LogP contribution < -0.4 is 10.5 Å². The number of fused-ring (bicyclic) bond motifs is 1. The first-order chi connectivity index (χ1) is 9.54. The van der Waals surface area contributed by atoms with Gasteiger partial charge in [-0.15, -0.1) is 0 Å². The van der Waals surface area contributed by atoms with Gasteiger partial charge in [-0.05, 0) is 30.3 Å². The summed E-state index contributed by atoms with van der Waals surface area (Å²) in [6.07, 6.45) is -0.0503. The normalized spacial score (nSPS) is 21.2. The van der Waals surface area contributed by atoms with Gasteiger partial charge in [0.15, 0.2) is 0 Å². The van der Waals surface area contributed by atoms with Gasteiger partial charge in [0, 0.05) is 34.1 Å². The Morgan fingerprint density at radius 2 is 1.90 bits per heavy atom. The lowest BCUT2D eigenvalue weighted by atomic mass is 9.93. The van der Waals surface area contributed by atoms with Crippen LogP contribution in [0.2, 0.25) is 0 Å². The molecule has 0 spiro atoms. The number of hydrogen-bond acceptors (Lipinski definition) is 2. The molecule has 0 saturated carbocycles. The standard InChI is InChI=1S/C15H12BrF2NO/c16-8-1-4-14-11(5-8)13(19)7-15(20-14)10-3-2-9(17)6-12(10)18/h1-6,13,15H,7,19H2/t13-,15?/m0/s1. The molecule has 104 valence electrons. The van der Waals surface area contributed by atoms with Gasteiger partial charge in [-0.3, -0.25) is 0 Å². The number of nitrogens with two attached hydrogens (primary N) is 1. The van der Waals surface area contributed by atoms with Crippen molar-refractivity contribution in [1.82, 2.24) is 0 Å². The summed E-state index contributed by atoms with van der Waals surface area (Å²) in [6.45, 7) is 0. The third kappa shape index (κ3) is 2.43. The lowest BCUT2D eigenvalue weighted by molar-refractivity contribution is 0.157. The molecule has 1 aliphatic heterocycles. The van der Waals surface area contributed by atoms with Crippen LogP contribution in [0.3, 0.4) is 0 Å². The van der Waals surface area contributed by atoms with Crippen LogP contribution in [0.15, 0.2) is 40.9 Å². The molecule has 1 heterocycles. The van der Waals surface area contributed by atoms with E-state index in [1.165, 1.54) is 12.1 Å². The van der Waals surface area contributed by atoms with E-state index in [9.17, 15) is 8.78 Å². The molecule has 0 fully saturated rings. The van der Waals surface area contributed by atoms with E-state index in [0.717, 1.165) is 16.1 Å². The van der Waals surface area contributed by atoms with Gasteiger partial charge in [0.05, 0.1) is 0 Å². The summed E-state index contributed by atoms with van der Waals surface area (Å²) < 4.78 is 33.5. The fraction of sp³-hybridized carbons (Fsp3) is 0.200. The van der Waals surface area contributed by atoms with Crippen molar-refractivity contribution in [2.75, 3.05) is 0 Å². The van der Waals surface area contributed by atoms with Crippen LogP contribution in [-0.4, -0.2) is 0 Å². The predicted molar refractivity (Wildman–Crippen MR) is 75.4 cm³/mol. The zero-order valence-electron chi connectivity index (χ0n) is 10.4. The molecule has 0 bridgehead atoms. The van der Waals surface area contributed by atoms with Gasteiger partial charge in [0.1, 0.15) is 23.5 Å². The molecular weight excluding hydrogens is 328 g/mol. The zero-order valence-corrected chi connectivity index (χ0v) is 12.0. The predicted octanol–water partition coefficient (Wildman–Crippen LogP) is 4.25. The first kappa shape index (κ1) is 13.5. The molecule has 3 rings (SSSR count). The highest BCUT2D eigenvalue weighted by Crippen LogP contribution is 2.41. The summed E-state index contributed by atoms with van der Waals surface area (Å²) in [7, 11) is 0. The van der Waals surface area contributed by atoms with E-state index in [1.807, 2.05) is 12.1 Å². The molecule has 5 heteroatoms. The van der Waals surface area contributed by atoms with Gasteiger partial charge in [-0.25, -0.2) is 8.78 Å². The molecule has 2 aromatic rings. The largest absolute Gasteiger partial charge is 0.485 e. The topological polar surface area (TPSA) is 35.2 Å². The molecule has 20 heavy (non-hydrogen) atoms. The summed E-state index contributed by atoms with van der Waals surface area (Å²) in [5, 5.41) is 0. The quantitative estimate of drug-likeness (QED) is 0.842. The Labute approximate surface area is 123 Å². The molecule has 2 nitrogen and oxygen atoms in total. The highest BCUT2D eigenvalue weighted by Gasteiger charge is 2.29. The van der Waals surface area contributed by atoms with E-state index in [4.69, 9.17) is 10.5 Å². The molecular formula is C15H12BrF2NO. The second-order valence-electron chi connectivity index (χ2n) is 4.80. The average Bonchev–Trinajstić information content (AvgIpc) is 2.39. The minimum absolute atomic E-state index is 0.245. The molecule has 1 aliphatic rings.